The molecule has 3 heteroatoms. The number of nitrogens with one attached hydrogen (secondary N) is 1. The molecular weight excluding hydrogens is 229 g/mol. The Kier molecular flexibility index (Phi) is 3.62. The standard InChI is InChI=1S/C15H20FNO/c16-9-11-2-1-3-12(6-11)10-18-15-7-13-4-5-14(8-15)17-13/h1-3,6,13-15,17H,4-5,7-10H2. The lowest BCUT2D eigenvalue weighted by atomic mass is 10.0. The highest BCUT2D eigenvalue weighted by atomic mass is 19.1. The molecule has 3 rings (SSSR count). The van der Waals surface area contributed by atoms with E-state index in [9.17, 15) is 4.39 Å². The summed E-state index contributed by atoms with van der Waals surface area (Å²) in [6, 6.07) is 8.94. The van der Waals surface area contributed by atoms with Crippen LogP contribution in [0, 0.1) is 0 Å². The minimum atomic E-state index is -0.397. The smallest absolute Gasteiger partial charge is 0.115 e. The molecule has 0 radical (unpaired) electrons. The van der Waals surface area contributed by atoms with Crippen molar-refractivity contribution < 1.29 is 9.13 Å². The van der Waals surface area contributed by atoms with Gasteiger partial charge in [-0.25, -0.2) is 4.39 Å². The van der Waals surface area contributed by atoms with Gasteiger partial charge in [-0.3, -0.25) is 0 Å². The van der Waals surface area contributed by atoms with Crippen LogP contribution in [0.25, 0.3) is 0 Å². The van der Waals surface area contributed by atoms with Gasteiger partial charge in [-0.15, -0.1) is 0 Å². The largest absolute Gasteiger partial charge is 0.373 e. The number of benzene rings is 1. The molecule has 1 N–H and O–H groups in total. The summed E-state index contributed by atoms with van der Waals surface area (Å²) >= 11 is 0. The third-order valence-electron chi connectivity index (χ3n) is 4.06. The molecule has 2 nitrogen and oxygen atoms in total. The first-order valence-corrected chi connectivity index (χ1v) is 6.85. The van der Waals surface area contributed by atoms with Gasteiger partial charge >= 0.3 is 0 Å². The molecule has 0 spiro atoms. The van der Waals surface area contributed by atoms with Gasteiger partial charge in [-0.1, -0.05) is 24.3 Å². The number of ether oxygens (including phenoxy) is 1. The Morgan fingerprint density at radius 1 is 1.17 bits per heavy atom. The van der Waals surface area contributed by atoms with Crippen LogP contribution in [-0.2, 0) is 18.0 Å². The summed E-state index contributed by atoms with van der Waals surface area (Å²) in [5, 5.41) is 3.61. The van der Waals surface area contributed by atoms with Crippen molar-refractivity contribution in [2.45, 2.75) is 57.2 Å². The quantitative estimate of drug-likeness (QED) is 0.885. The van der Waals surface area contributed by atoms with Crippen LogP contribution < -0.4 is 5.32 Å². The number of hydrogen-bond donors (Lipinski definition) is 1. The second-order valence-electron chi connectivity index (χ2n) is 5.50. The SMILES string of the molecule is FCc1cccc(COC2CC3CCC(C2)N3)c1. The van der Waals surface area contributed by atoms with Crippen molar-refractivity contribution in [2.75, 3.05) is 0 Å². The maximum atomic E-state index is 12.6. The van der Waals surface area contributed by atoms with Crippen LogP contribution in [0.1, 0.15) is 36.8 Å². The third-order valence-corrected chi connectivity index (χ3v) is 4.06. The molecule has 18 heavy (non-hydrogen) atoms. The molecule has 2 heterocycles. The topological polar surface area (TPSA) is 21.3 Å². The summed E-state index contributed by atoms with van der Waals surface area (Å²) in [7, 11) is 0. The van der Waals surface area contributed by atoms with Crippen LogP contribution in [0.5, 0.6) is 0 Å². The molecule has 2 unspecified atom stereocenters. The van der Waals surface area contributed by atoms with Crippen LogP contribution in [0.4, 0.5) is 4.39 Å². The maximum absolute atomic E-state index is 12.6. The molecule has 2 bridgehead atoms. The third kappa shape index (κ3) is 2.73. The molecule has 0 amide bonds. The van der Waals surface area contributed by atoms with Crippen LogP contribution in [-0.4, -0.2) is 18.2 Å². The van der Waals surface area contributed by atoms with Crippen molar-refractivity contribution in [1.29, 1.82) is 0 Å². The van der Waals surface area contributed by atoms with Gasteiger partial charge in [0.2, 0.25) is 0 Å². The van der Waals surface area contributed by atoms with E-state index in [2.05, 4.69) is 5.32 Å². The average Bonchev–Trinajstić information content (AvgIpc) is 2.76. The van der Waals surface area contributed by atoms with Gasteiger partial charge in [0, 0.05) is 12.1 Å². The molecule has 0 aromatic heterocycles. The Morgan fingerprint density at radius 2 is 1.89 bits per heavy atom. The fourth-order valence-electron chi connectivity index (χ4n) is 3.16. The van der Waals surface area contributed by atoms with Gasteiger partial charge in [0.05, 0.1) is 12.7 Å². The number of piperidine rings is 1. The normalized spacial score (nSPS) is 30.6. The zero-order valence-electron chi connectivity index (χ0n) is 10.6. The lowest BCUT2D eigenvalue weighted by molar-refractivity contribution is 0.00914. The molecule has 1 aromatic rings. The lowest BCUT2D eigenvalue weighted by Crippen LogP contribution is -2.41. The molecule has 2 saturated heterocycles. The van der Waals surface area contributed by atoms with E-state index in [0.29, 0.717) is 24.8 Å². The van der Waals surface area contributed by atoms with Gasteiger partial charge in [0.25, 0.3) is 0 Å². The van der Waals surface area contributed by atoms with Crippen molar-refractivity contribution in [3.8, 4) is 0 Å². The molecule has 98 valence electrons. The van der Waals surface area contributed by atoms with Crippen LogP contribution in [0.15, 0.2) is 24.3 Å². The monoisotopic (exact) mass is 249 g/mol. The van der Waals surface area contributed by atoms with Gasteiger partial charge in [0.1, 0.15) is 6.67 Å². The maximum Gasteiger partial charge on any atom is 0.115 e. The summed E-state index contributed by atoms with van der Waals surface area (Å²) in [5.41, 5.74) is 1.82. The van der Waals surface area contributed by atoms with Crippen molar-refractivity contribution in [1.82, 2.24) is 5.32 Å². The van der Waals surface area contributed by atoms with E-state index >= 15 is 0 Å². The second kappa shape index (κ2) is 5.37. The fourth-order valence-corrected chi connectivity index (χ4v) is 3.16. The van der Waals surface area contributed by atoms with Crippen molar-refractivity contribution >= 4 is 0 Å². The first-order chi connectivity index (χ1) is 8.83. The Labute approximate surface area is 108 Å². The van der Waals surface area contributed by atoms with E-state index < -0.39 is 6.67 Å². The highest BCUT2D eigenvalue weighted by Crippen LogP contribution is 2.29. The van der Waals surface area contributed by atoms with E-state index in [1.165, 1.54) is 12.8 Å². The molecule has 2 aliphatic heterocycles. The van der Waals surface area contributed by atoms with Crippen LogP contribution in [0.2, 0.25) is 0 Å². The van der Waals surface area contributed by atoms with Crippen LogP contribution in [0.3, 0.4) is 0 Å². The Bertz CT molecular complexity index is 397. The van der Waals surface area contributed by atoms with E-state index in [1.807, 2.05) is 24.3 Å². The van der Waals surface area contributed by atoms with Gasteiger partial charge in [-0.2, -0.15) is 0 Å². The zero-order chi connectivity index (χ0) is 12.4. The molecule has 2 fully saturated rings. The molecule has 2 atom stereocenters. The summed E-state index contributed by atoms with van der Waals surface area (Å²) in [6.07, 6.45) is 5.21. The fraction of sp³-hybridized carbons (Fsp3) is 0.600. The Morgan fingerprint density at radius 3 is 2.61 bits per heavy atom. The minimum absolute atomic E-state index is 0.373. The summed E-state index contributed by atoms with van der Waals surface area (Å²) < 4.78 is 18.5. The van der Waals surface area contributed by atoms with Crippen molar-refractivity contribution in [3.05, 3.63) is 35.4 Å². The first kappa shape index (κ1) is 12.1. The van der Waals surface area contributed by atoms with Gasteiger partial charge < -0.3 is 10.1 Å². The first-order valence-electron chi connectivity index (χ1n) is 6.85. The molecule has 2 aliphatic rings. The van der Waals surface area contributed by atoms with E-state index in [0.717, 1.165) is 24.0 Å². The number of fused-ring (bicyclic) bond motifs is 2. The average molecular weight is 249 g/mol. The predicted molar refractivity (Wildman–Crippen MR) is 69.0 cm³/mol. The predicted octanol–water partition coefficient (Wildman–Crippen LogP) is 2.96. The summed E-state index contributed by atoms with van der Waals surface area (Å²) in [4.78, 5) is 0. The number of hydrogen-bond acceptors (Lipinski definition) is 2. The number of halogens is 1. The second-order valence-corrected chi connectivity index (χ2v) is 5.50. The van der Waals surface area contributed by atoms with E-state index in [1.54, 1.807) is 0 Å². The van der Waals surface area contributed by atoms with Crippen LogP contribution >= 0.6 is 0 Å². The van der Waals surface area contributed by atoms with Gasteiger partial charge in [-0.05, 0) is 36.8 Å². The molecule has 0 aliphatic carbocycles. The minimum Gasteiger partial charge on any atom is -0.373 e. The number of rotatable bonds is 4. The van der Waals surface area contributed by atoms with E-state index in [4.69, 9.17) is 4.74 Å². The molecular formula is C15H20FNO. The molecule has 0 saturated carbocycles. The number of alkyl halides is 1. The summed E-state index contributed by atoms with van der Waals surface area (Å²) in [6.45, 7) is 0.212. The molecule has 1 aromatic carbocycles. The van der Waals surface area contributed by atoms with Crippen molar-refractivity contribution in [3.63, 3.8) is 0 Å². The summed E-state index contributed by atoms with van der Waals surface area (Å²) in [5.74, 6) is 0. The Hall–Kier alpha value is -0.930. The van der Waals surface area contributed by atoms with Gasteiger partial charge in [0.15, 0.2) is 0 Å². The highest BCUT2D eigenvalue weighted by molar-refractivity contribution is 5.22. The van der Waals surface area contributed by atoms with E-state index in [-0.39, 0.29) is 0 Å². The van der Waals surface area contributed by atoms with Crippen molar-refractivity contribution in [2.24, 2.45) is 0 Å². The lowest BCUT2D eigenvalue weighted by Gasteiger charge is -2.29. The highest BCUT2D eigenvalue weighted by Gasteiger charge is 2.33. The Balaban J connectivity index is 1.54. The zero-order valence-corrected chi connectivity index (χ0v) is 10.6.